The number of carbonyl (C=O) groups is 3. The van der Waals surface area contributed by atoms with Crippen LogP contribution >= 0.6 is 0 Å². The van der Waals surface area contributed by atoms with Crippen molar-refractivity contribution in [2.75, 3.05) is 18.6 Å². The van der Waals surface area contributed by atoms with Crippen molar-refractivity contribution in [1.29, 1.82) is 0 Å². The summed E-state index contributed by atoms with van der Waals surface area (Å²) in [5.74, 6) is -1.20. The molecule has 0 saturated carbocycles. The van der Waals surface area contributed by atoms with Gasteiger partial charge in [-0.2, -0.15) is 0 Å². The van der Waals surface area contributed by atoms with Gasteiger partial charge in [-0.25, -0.2) is 4.79 Å². The van der Waals surface area contributed by atoms with Crippen LogP contribution in [-0.2, 0) is 21.4 Å². The Bertz CT molecular complexity index is 1150. The maximum Gasteiger partial charge on any atom is 0.341 e. The monoisotopic (exact) mass is 482 g/mol. The zero-order valence-electron chi connectivity index (χ0n) is 21.2. The van der Waals surface area contributed by atoms with Crippen molar-refractivity contribution in [3.05, 3.63) is 53.1 Å². The van der Waals surface area contributed by atoms with Gasteiger partial charge in [0, 0.05) is 17.5 Å². The van der Waals surface area contributed by atoms with Crippen molar-refractivity contribution in [1.82, 2.24) is 0 Å². The molecule has 8 heteroatoms. The van der Waals surface area contributed by atoms with Crippen molar-refractivity contribution < 1.29 is 29.0 Å². The number of carbonyl (C=O) groups excluding carboxylic acids is 2. The van der Waals surface area contributed by atoms with Gasteiger partial charge in [-0.1, -0.05) is 46.8 Å². The Kier molecular flexibility index (Phi) is 7.15. The van der Waals surface area contributed by atoms with Gasteiger partial charge >= 0.3 is 5.97 Å². The second-order valence-corrected chi connectivity index (χ2v) is 10.4. The molecular weight excluding hydrogens is 448 g/mol. The summed E-state index contributed by atoms with van der Waals surface area (Å²) in [7, 11) is 1.56. The minimum atomic E-state index is -1.33. The highest BCUT2D eigenvalue weighted by Gasteiger charge is 2.52. The second-order valence-electron chi connectivity index (χ2n) is 10.4. The zero-order valence-corrected chi connectivity index (χ0v) is 21.2. The molecule has 0 radical (unpaired) electrons. The van der Waals surface area contributed by atoms with Crippen molar-refractivity contribution in [2.24, 2.45) is 11.7 Å². The third-order valence-corrected chi connectivity index (χ3v) is 6.26. The minimum Gasteiger partial charge on any atom is -0.496 e. The summed E-state index contributed by atoms with van der Waals surface area (Å²) in [5, 5.41) is 9.08. The Morgan fingerprint density at radius 3 is 2.37 bits per heavy atom. The van der Waals surface area contributed by atoms with Gasteiger partial charge in [-0.05, 0) is 47.6 Å². The van der Waals surface area contributed by atoms with E-state index in [1.807, 2.05) is 19.9 Å². The van der Waals surface area contributed by atoms with Crippen LogP contribution in [0.3, 0.4) is 0 Å². The SMILES string of the molecule is COc1cc(C(=O)N2c3cccc(OCC(=O)O)c3CC2(CC(C)C)C(N)=O)ccc1C(C)(C)C. The van der Waals surface area contributed by atoms with Gasteiger partial charge in [-0.3, -0.25) is 14.5 Å². The van der Waals surface area contributed by atoms with Gasteiger partial charge < -0.3 is 20.3 Å². The Labute approximate surface area is 206 Å². The molecule has 0 bridgehead atoms. The number of benzene rings is 2. The number of aliphatic carboxylic acids is 1. The highest BCUT2D eigenvalue weighted by Crippen LogP contribution is 2.47. The van der Waals surface area contributed by atoms with E-state index in [-0.39, 0.29) is 17.8 Å². The summed E-state index contributed by atoms with van der Waals surface area (Å²) < 4.78 is 11.1. The molecule has 188 valence electrons. The molecule has 1 aliphatic heterocycles. The molecule has 1 unspecified atom stereocenters. The fourth-order valence-electron chi connectivity index (χ4n) is 4.83. The molecule has 1 aliphatic rings. The van der Waals surface area contributed by atoms with Crippen molar-refractivity contribution in [3.63, 3.8) is 0 Å². The Morgan fingerprint density at radius 1 is 1.14 bits per heavy atom. The first-order valence-electron chi connectivity index (χ1n) is 11.6. The number of nitrogens with two attached hydrogens (primary N) is 1. The standard InChI is InChI=1S/C27H34N2O6/c1-16(2)13-27(25(28)33)14-18-20(8-7-9-21(18)35-15-23(30)31)29(27)24(32)17-10-11-19(26(3,4)5)22(12-17)34-6/h7-12,16H,13-15H2,1-6H3,(H2,28,33)(H,30,31). The predicted octanol–water partition coefficient (Wildman–Crippen LogP) is 3.93. The molecule has 2 aromatic carbocycles. The minimum absolute atomic E-state index is 0.0494. The molecule has 0 spiro atoms. The number of hydrogen-bond donors (Lipinski definition) is 2. The van der Waals surface area contributed by atoms with E-state index in [4.69, 9.17) is 20.3 Å². The topological polar surface area (TPSA) is 119 Å². The number of nitrogens with zero attached hydrogens (tertiary/aromatic N) is 1. The van der Waals surface area contributed by atoms with E-state index >= 15 is 0 Å². The number of methoxy groups -OCH3 is 1. The van der Waals surface area contributed by atoms with Gasteiger partial charge in [-0.15, -0.1) is 0 Å². The fraction of sp³-hybridized carbons (Fsp3) is 0.444. The second kappa shape index (κ2) is 9.60. The van der Waals surface area contributed by atoms with Crippen molar-refractivity contribution >= 4 is 23.5 Å². The lowest BCUT2D eigenvalue weighted by atomic mass is 9.83. The van der Waals surface area contributed by atoms with Crippen LogP contribution in [0, 0.1) is 5.92 Å². The van der Waals surface area contributed by atoms with E-state index in [9.17, 15) is 14.4 Å². The highest BCUT2D eigenvalue weighted by molar-refractivity contribution is 6.13. The lowest BCUT2D eigenvalue weighted by molar-refractivity contribution is -0.139. The molecule has 2 aromatic rings. The average Bonchev–Trinajstić information content (AvgIpc) is 3.10. The largest absolute Gasteiger partial charge is 0.496 e. The number of ether oxygens (including phenoxy) is 2. The van der Waals surface area contributed by atoms with Gasteiger partial charge in [0.25, 0.3) is 5.91 Å². The third kappa shape index (κ3) is 4.97. The number of amides is 2. The summed E-state index contributed by atoms with van der Waals surface area (Å²) in [4.78, 5) is 39.6. The summed E-state index contributed by atoms with van der Waals surface area (Å²) >= 11 is 0. The molecule has 3 rings (SSSR count). The number of fused-ring (bicyclic) bond motifs is 1. The van der Waals surface area contributed by atoms with Crippen LogP contribution in [0.2, 0.25) is 0 Å². The van der Waals surface area contributed by atoms with E-state index in [1.54, 1.807) is 37.4 Å². The van der Waals surface area contributed by atoms with Gasteiger partial charge in [0.1, 0.15) is 17.0 Å². The lowest BCUT2D eigenvalue weighted by Crippen LogP contribution is -2.59. The van der Waals surface area contributed by atoms with Crippen LogP contribution < -0.4 is 20.1 Å². The van der Waals surface area contributed by atoms with Gasteiger partial charge in [0.15, 0.2) is 6.61 Å². The van der Waals surface area contributed by atoms with Gasteiger partial charge in [0.2, 0.25) is 5.91 Å². The number of rotatable bonds is 8. The van der Waals surface area contributed by atoms with Crippen LogP contribution in [0.4, 0.5) is 5.69 Å². The normalized spacial score (nSPS) is 17.3. The van der Waals surface area contributed by atoms with Crippen molar-refractivity contribution in [2.45, 2.75) is 58.4 Å². The van der Waals surface area contributed by atoms with E-state index in [0.717, 1.165) is 5.56 Å². The van der Waals surface area contributed by atoms with E-state index in [0.29, 0.717) is 34.7 Å². The molecule has 0 fully saturated rings. The quantitative estimate of drug-likeness (QED) is 0.588. The third-order valence-electron chi connectivity index (χ3n) is 6.26. The number of carboxylic acid groups (broad SMARTS) is 1. The summed E-state index contributed by atoms with van der Waals surface area (Å²) in [6.45, 7) is 9.55. The first-order chi connectivity index (χ1) is 16.3. The van der Waals surface area contributed by atoms with Crippen LogP contribution in [-0.4, -0.2) is 42.1 Å². The first-order valence-corrected chi connectivity index (χ1v) is 11.6. The maximum atomic E-state index is 14.0. The fourth-order valence-corrected chi connectivity index (χ4v) is 4.83. The molecule has 2 amide bonds. The summed E-state index contributed by atoms with van der Waals surface area (Å²) in [6.07, 6.45) is 0.465. The molecule has 1 atom stereocenters. The molecule has 0 saturated heterocycles. The highest BCUT2D eigenvalue weighted by atomic mass is 16.5. The van der Waals surface area contributed by atoms with E-state index < -0.39 is 29.9 Å². The molecule has 8 nitrogen and oxygen atoms in total. The smallest absolute Gasteiger partial charge is 0.341 e. The molecular formula is C27H34N2O6. The molecule has 35 heavy (non-hydrogen) atoms. The number of anilines is 1. The van der Waals surface area contributed by atoms with E-state index in [1.165, 1.54) is 4.90 Å². The number of primary amides is 1. The molecule has 0 aromatic heterocycles. The lowest BCUT2D eigenvalue weighted by Gasteiger charge is -2.37. The van der Waals surface area contributed by atoms with Crippen molar-refractivity contribution in [3.8, 4) is 11.5 Å². The summed E-state index contributed by atoms with van der Waals surface area (Å²) in [6, 6.07) is 10.3. The first kappa shape index (κ1) is 26.1. The predicted molar refractivity (Wildman–Crippen MR) is 133 cm³/mol. The summed E-state index contributed by atoms with van der Waals surface area (Å²) in [5.41, 5.74) is 6.83. The van der Waals surface area contributed by atoms with Gasteiger partial charge in [0.05, 0.1) is 12.8 Å². The number of hydrogen-bond acceptors (Lipinski definition) is 5. The van der Waals surface area contributed by atoms with Crippen LogP contribution in [0.5, 0.6) is 11.5 Å². The molecule has 0 aliphatic carbocycles. The molecule has 3 N–H and O–H groups in total. The Hall–Kier alpha value is -3.55. The maximum absolute atomic E-state index is 14.0. The zero-order chi connectivity index (χ0) is 26.1. The number of carboxylic acids is 1. The van der Waals surface area contributed by atoms with Crippen LogP contribution in [0.1, 0.15) is 62.5 Å². The molecule has 1 heterocycles. The Morgan fingerprint density at radius 2 is 1.83 bits per heavy atom. The Balaban J connectivity index is 2.18. The van der Waals surface area contributed by atoms with E-state index in [2.05, 4.69) is 20.8 Å². The van der Waals surface area contributed by atoms with Crippen LogP contribution in [0.25, 0.3) is 0 Å². The van der Waals surface area contributed by atoms with Crippen LogP contribution in [0.15, 0.2) is 36.4 Å². The average molecular weight is 483 g/mol.